The summed E-state index contributed by atoms with van der Waals surface area (Å²) in [6.45, 7) is 2.08. The number of phenolic OH excluding ortho intramolecular Hbond substituents is 1. The van der Waals surface area contributed by atoms with Crippen molar-refractivity contribution in [1.29, 1.82) is 0 Å². The summed E-state index contributed by atoms with van der Waals surface area (Å²) in [4.78, 5) is 12.3. The number of ether oxygens (including phenoxy) is 1. The molecule has 0 aromatic heterocycles. The van der Waals surface area contributed by atoms with E-state index >= 15 is 0 Å². The second kappa shape index (κ2) is 7.14. The third-order valence-electron chi connectivity index (χ3n) is 5.69. The van der Waals surface area contributed by atoms with Crippen LogP contribution in [-0.4, -0.2) is 48.8 Å². The van der Waals surface area contributed by atoms with Gasteiger partial charge in [0, 0.05) is 18.4 Å². The number of hydrogen-bond donors (Lipinski definition) is 1. The number of aromatic hydroxyl groups is 1. The van der Waals surface area contributed by atoms with Gasteiger partial charge in [0.25, 0.3) is 0 Å². The van der Waals surface area contributed by atoms with Crippen molar-refractivity contribution in [3.05, 3.63) is 29.3 Å². The molecular weight excluding hydrogens is 302 g/mol. The monoisotopic (exact) mass is 332 g/mol. The maximum atomic E-state index is 12.3. The van der Waals surface area contributed by atoms with Crippen LogP contribution in [0.5, 0.6) is 5.75 Å². The molecule has 2 fully saturated rings. The Hall–Kier alpha value is -1.55. The Morgan fingerprint density at radius 2 is 1.83 bits per heavy atom. The number of para-hydroxylation sites is 1. The molecule has 0 amide bonds. The first-order valence-electron chi connectivity index (χ1n) is 9.27. The molecule has 0 bridgehead atoms. The summed E-state index contributed by atoms with van der Waals surface area (Å²) in [7, 11) is 4.43. The van der Waals surface area contributed by atoms with Gasteiger partial charge in [-0.1, -0.05) is 31.0 Å². The largest absolute Gasteiger partial charge is 0.507 e. The molecule has 0 atom stereocenters. The van der Waals surface area contributed by atoms with Gasteiger partial charge in [0.15, 0.2) is 0 Å². The van der Waals surface area contributed by atoms with Crippen LogP contribution in [0.15, 0.2) is 18.2 Å². The van der Waals surface area contributed by atoms with Crippen molar-refractivity contribution in [2.75, 3.05) is 27.2 Å². The highest BCUT2D eigenvalue weighted by Gasteiger charge is 2.29. The highest BCUT2D eigenvalue weighted by molar-refractivity contribution is 5.74. The number of carbonyl (C=O) groups is 1. The van der Waals surface area contributed by atoms with Gasteiger partial charge < -0.3 is 14.3 Å². The third kappa shape index (κ3) is 4.10. The molecule has 4 nitrogen and oxygen atoms in total. The van der Waals surface area contributed by atoms with Gasteiger partial charge in [-0.25, -0.2) is 0 Å². The van der Waals surface area contributed by atoms with Crippen molar-refractivity contribution < 1.29 is 19.1 Å². The summed E-state index contributed by atoms with van der Waals surface area (Å²) in [6, 6.07) is 5.80. The fourth-order valence-electron chi connectivity index (χ4n) is 4.06. The lowest BCUT2D eigenvalue weighted by atomic mass is 9.94. The third-order valence-corrected chi connectivity index (χ3v) is 5.69. The molecule has 1 aliphatic heterocycles. The zero-order valence-electron chi connectivity index (χ0n) is 15.0. The van der Waals surface area contributed by atoms with Crippen molar-refractivity contribution in [3.8, 4) is 5.75 Å². The highest BCUT2D eigenvalue weighted by Crippen LogP contribution is 2.39. The van der Waals surface area contributed by atoms with Gasteiger partial charge in [-0.05, 0) is 24.3 Å². The minimum atomic E-state index is -0.217. The summed E-state index contributed by atoms with van der Waals surface area (Å²) in [5.41, 5.74) is 1.71. The van der Waals surface area contributed by atoms with E-state index in [1.54, 1.807) is 0 Å². The normalized spacial score (nSPS) is 21.8. The fraction of sp³-hybridized carbons (Fsp3) is 0.650. The maximum absolute atomic E-state index is 12.3. The van der Waals surface area contributed by atoms with Crippen LogP contribution in [0.1, 0.15) is 55.6 Å². The second-order valence-electron chi connectivity index (χ2n) is 8.09. The maximum Gasteiger partial charge on any atom is 0.310 e. The van der Waals surface area contributed by atoms with Crippen LogP contribution in [0.2, 0.25) is 0 Å². The van der Waals surface area contributed by atoms with E-state index in [4.69, 9.17) is 4.74 Å². The van der Waals surface area contributed by atoms with Crippen molar-refractivity contribution in [1.82, 2.24) is 0 Å². The molecule has 1 aliphatic carbocycles. The highest BCUT2D eigenvalue weighted by atomic mass is 16.5. The molecule has 1 heterocycles. The van der Waals surface area contributed by atoms with Gasteiger partial charge >= 0.3 is 5.97 Å². The molecule has 0 radical (unpaired) electrons. The molecule has 1 saturated heterocycles. The number of benzene rings is 1. The van der Waals surface area contributed by atoms with Gasteiger partial charge in [0.1, 0.15) is 11.9 Å². The molecule has 4 heteroatoms. The Balaban J connectivity index is 1.59. The number of piperidine rings is 1. The zero-order valence-corrected chi connectivity index (χ0v) is 15.0. The predicted octanol–water partition coefficient (Wildman–Crippen LogP) is 3.37. The molecule has 1 aromatic carbocycles. The summed E-state index contributed by atoms with van der Waals surface area (Å²) < 4.78 is 6.65. The Kier molecular flexibility index (Phi) is 5.14. The van der Waals surface area contributed by atoms with Gasteiger partial charge in [-0.3, -0.25) is 4.79 Å². The molecular formula is C20H30NO3+. The Morgan fingerprint density at radius 3 is 2.50 bits per heavy atom. The number of esters is 1. The summed E-state index contributed by atoms with van der Waals surface area (Å²) in [5.74, 6) is 0.535. The van der Waals surface area contributed by atoms with Crippen LogP contribution in [0, 0.1) is 0 Å². The number of quaternary nitrogens is 1. The standard InChI is InChI=1S/C20H29NO3/c1-21(2)12-10-17(11-13-21)24-19(22)14-16-8-5-9-18(20(16)23)15-6-3-4-7-15/h5,8-9,15,17H,3-4,6-7,10-14H2,1-2H3/p+1. The molecule has 1 N–H and O–H groups in total. The number of likely N-dealkylation sites (tertiary alicyclic amines) is 1. The predicted molar refractivity (Wildman–Crippen MR) is 94.0 cm³/mol. The lowest BCUT2D eigenvalue weighted by Gasteiger charge is -2.36. The Morgan fingerprint density at radius 1 is 1.17 bits per heavy atom. The molecule has 0 unspecified atom stereocenters. The van der Waals surface area contributed by atoms with Crippen LogP contribution in [-0.2, 0) is 16.0 Å². The van der Waals surface area contributed by atoms with Crippen LogP contribution in [0.4, 0.5) is 0 Å². The first-order valence-corrected chi connectivity index (χ1v) is 9.27. The topological polar surface area (TPSA) is 46.5 Å². The van der Waals surface area contributed by atoms with Crippen LogP contribution in [0.3, 0.4) is 0 Å². The Labute approximate surface area is 145 Å². The van der Waals surface area contributed by atoms with Gasteiger partial charge in [0.05, 0.1) is 33.6 Å². The molecule has 1 saturated carbocycles. The van der Waals surface area contributed by atoms with Crippen LogP contribution in [0.25, 0.3) is 0 Å². The van der Waals surface area contributed by atoms with Gasteiger partial charge in [-0.2, -0.15) is 0 Å². The minimum absolute atomic E-state index is 0.0313. The lowest BCUT2D eigenvalue weighted by Crippen LogP contribution is -2.48. The number of phenols is 1. The van der Waals surface area contributed by atoms with Crippen molar-refractivity contribution >= 4 is 5.97 Å². The molecule has 1 aromatic rings. The molecule has 0 spiro atoms. The molecule has 2 aliphatic rings. The minimum Gasteiger partial charge on any atom is -0.507 e. The smallest absolute Gasteiger partial charge is 0.310 e. The summed E-state index contributed by atoms with van der Waals surface area (Å²) >= 11 is 0. The first-order chi connectivity index (χ1) is 11.4. The number of nitrogens with zero attached hydrogens (tertiary/aromatic N) is 1. The van der Waals surface area contributed by atoms with E-state index < -0.39 is 0 Å². The van der Waals surface area contributed by atoms with E-state index in [-0.39, 0.29) is 18.5 Å². The van der Waals surface area contributed by atoms with Crippen LogP contribution >= 0.6 is 0 Å². The van der Waals surface area contributed by atoms with E-state index in [1.807, 2.05) is 18.2 Å². The molecule has 132 valence electrons. The van der Waals surface area contributed by atoms with Crippen molar-refractivity contribution in [2.24, 2.45) is 0 Å². The van der Waals surface area contributed by atoms with E-state index in [0.29, 0.717) is 17.2 Å². The number of hydrogen-bond acceptors (Lipinski definition) is 3. The zero-order chi connectivity index (χ0) is 17.2. The van der Waals surface area contributed by atoms with Crippen molar-refractivity contribution in [3.63, 3.8) is 0 Å². The average Bonchev–Trinajstić information content (AvgIpc) is 3.06. The lowest BCUT2D eigenvalue weighted by molar-refractivity contribution is -0.896. The van der Waals surface area contributed by atoms with Gasteiger partial charge in [0.2, 0.25) is 0 Å². The van der Waals surface area contributed by atoms with Crippen molar-refractivity contribution in [2.45, 2.75) is 57.0 Å². The summed E-state index contributed by atoms with van der Waals surface area (Å²) in [5, 5.41) is 10.6. The number of carbonyl (C=O) groups excluding carboxylic acids is 1. The molecule has 3 rings (SSSR count). The first kappa shape index (κ1) is 17.3. The van der Waals surface area contributed by atoms with E-state index in [2.05, 4.69) is 14.1 Å². The second-order valence-corrected chi connectivity index (χ2v) is 8.09. The van der Waals surface area contributed by atoms with E-state index in [9.17, 15) is 9.90 Å². The fourth-order valence-corrected chi connectivity index (χ4v) is 4.06. The van der Waals surface area contributed by atoms with Crippen LogP contribution < -0.4 is 0 Å². The number of rotatable bonds is 4. The quantitative estimate of drug-likeness (QED) is 0.679. The average molecular weight is 332 g/mol. The SMILES string of the molecule is C[N+]1(C)CCC(OC(=O)Cc2cccc(C3CCCC3)c2O)CC1. The molecule has 24 heavy (non-hydrogen) atoms. The van der Waals surface area contributed by atoms with Gasteiger partial charge in [-0.15, -0.1) is 0 Å². The van der Waals surface area contributed by atoms with E-state index in [1.165, 1.54) is 12.8 Å². The van der Waals surface area contributed by atoms with E-state index in [0.717, 1.165) is 48.8 Å². The summed E-state index contributed by atoms with van der Waals surface area (Å²) in [6.07, 6.45) is 6.78. The Bertz CT molecular complexity index is 581.